The van der Waals surface area contributed by atoms with E-state index in [4.69, 9.17) is 5.73 Å². The molecule has 0 saturated carbocycles. The molecule has 0 bridgehead atoms. The van der Waals surface area contributed by atoms with E-state index in [0.717, 1.165) is 0 Å². The van der Waals surface area contributed by atoms with Crippen LogP contribution in [0.5, 0.6) is 0 Å². The van der Waals surface area contributed by atoms with Gasteiger partial charge in [-0.3, -0.25) is 4.79 Å². The number of nitrogens with zero attached hydrogens (tertiary/aromatic N) is 6. The van der Waals surface area contributed by atoms with Gasteiger partial charge in [-0.05, 0) is 24.6 Å². The summed E-state index contributed by atoms with van der Waals surface area (Å²) in [6, 6.07) is 3.12. The van der Waals surface area contributed by atoms with Crippen molar-refractivity contribution in [1.82, 2.24) is 29.6 Å². The van der Waals surface area contributed by atoms with Crippen molar-refractivity contribution in [1.29, 1.82) is 0 Å². The second-order valence-corrected chi connectivity index (χ2v) is 6.02. The Morgan fingerprint density at radius 1 is 1.38 bits per heavy atom. The lowest BCUT2D eigenvalue weighted by molar-refractivity contribution is -0.125. The maximum absolute atomic E-state index is 14.2. The summed E-state index contributed by atoms with van der Waals surface area (Å²) in [4.78, 5) is 25.5. The van der Waals surface area contributed by atoms with E-state index < -0.39 is 5.95 Å². The standard InChI is InChI=1S/C17H16FN7O/c1-2-12(26)24-7-5-10(8-24)25-17-13(16(19)21-9-22-17)14(23-25)11-4-3-6-20-15(11)18/h2-4,6,9-10H,1,5,7-8H2,(H2,19,21,22)/t10-/m1/s1. The van der Waals surface area contributed by atoms with Gasteiger partial charge in [0.15, 0.2) is 5.65 Å². The normalized spacial score (nSPS) is 17.0. The molecule has 132 valence electrons. The molecule has 2 N–H and O–H groups in total. The smallest absolute Gasteiger partial charge is 0.246 e. The fraction of sp³-hybridized carbons (Fsp3) is 0.235. The molecule has 9 heteroatoms. The van der Waals surface area contributed by atoms with Crippen molar-refractivity contribution >= 4 is 22.8 Å². The average molecular weight is 353 g/mol. The third-order valence-electron chi connectivity index (χ3n) is 4.53. The van der Waals surface area contributed by atoms with Crippen LogP contribution in [-0.2, 0) is 4.79 Å². The average Bonchev–Trinajstić information content (AvgIpc) is 3.27. The molecule has 3 aromatic heterocycles. The van der Waals surface area contributed by atoms with Gasteiger partial charge in [-0.2, -0.15) is 9.49 Å². The molecule has 0 aliphatic carbocycles. The number of halogens is 1. The molecule has 0 radical (unpaired) electrons. The molecule has 1 fully saturated rings. The molecule has 1 aliphatic heterocycles. The summed E-state index contributed by atoms with van der Waals surface area (Å²) in [7, 11) is 0. The Morgan fingerprint density at radius 2 is 2.23 bits per heavy atom. The largest absolute Gasteiger partial charge is 0.383 e. The molecule has 0 unspecified atom stereocenters. The number of hydrogen-bond donors (Lipinski definition) is 1. The van der Waals surface area contributed by atoms with Crippen molar-refractivity contribution in [3.63, 3.8) is 0 Å². The molecule has 4 heterocycles. The van der Waals surface area contributed by atoms with Gasteiger partial charge >= 0.3 is 0 Å². The Balaban J connectivity index is 1.85. The first-order valence-corrected chi connectivity index (χ1v) is 8.11. The molecule has 4 rings (SSSR count). The molecule has 1 saturated heterocycles. The van der Waals surface area contributed by atoms with Crippen LogP contribution in [0.15, 0.2) is 37.3 Å². The van der Waals surface area contributed by atoms with Crippen LogP contribution in [-0.4, -0.2) is 48.6 Å². The minimum Gasteiger partial charge on any atom is -0.383 e. The summed E-state index contributed by atoms with van der Waals surface area (Å²) < 4.78 is 15.9. The second kappa shape index (κ2) is 6.17. The van der Waals surface area contributed by atoms with Gasteiger partial charge in [0.05, 0.1) is 17.0 Å². The number of anilines is 1. The molecule has 0 spiro atoms. The highest BCUT2D eigenvalue weighted by atomic mass is 19.1. The minimum absolute atomic E-state index is 0.0933. The van der Waals surface area contributed by atoms with Gasteiger partial charge in [-0.15, -0.1) is 0 Å². The zero-order valence-electron chi connectivity index (χ0n) is 13.8. The summed E-state index contributed by atoms with van der Waals surface area (Å²) in [6.07, 6.45) is 4.71. The van der Waals surface area contributed by atoms with Gasteiger partial charge in [0.2, 0.25) is 11.9 Å². The number of likely N-dealkylation sites (tertiary alicyclic amines) is 1. The van der Waals surface area contributed by atoms with Gasteiger partial charge in [0, 0.05) is 19.3 Å². The van der Waals surface area contributed by atoms with Crippen LogP contribution in [0, 0.1) is 5.95 Å². The second-order valence-electron chi connectivity index (χ2n) is 6.02. The van der Waals surface area contributed by atoms with Crippen LogP contribution in [0.4, 0.5) is 10.2 Å². The molecule has 26 heavy (non-hydrogen) atoms. The molecule has 8 nitrogen and oxygen atoms in total. The van der Waals surface area contributed by atoms with Crippen molar-refractivity contribution in [2.24, 2.45) is 0 Å². The van der Waals surface area contributed by atoms with E-state index in [2.05, 4.69) is 26.6 Å². The summed E-state index contributed by atoms with van der Waals surface area (Å²) in [5.41, 5.74) is 7.11. The van der Waals surface area contributed by atoms with Gasteiger partial charge in [-0.1, -0.05) is 6.58 Å². The van der Waals surface area contributed by atoms with Crippen molar-refractivity contribution in [2.45, 2.75) is 12.5 Å². The number of hydrogen-bond acceptors (Lipinski definition) is 6. The fourth-order valence-electron chi connectivity index (χ4n) is 3.27. The highest BCUT2D eigenvalue weighted by molar-refractivity contribution is 5.98. The monoisotopic (exact) mass is 353 g/mol. The van der Waals surface area contributed by atoms with Crippen molar-refractivity contribution in [3.8, 4) is 11.3 Å². The number of carbonyl (C=O) groups is 1. The quantitative estimate of drug-likeness (QED) is 0.566. The van der Waals surface area contributed by atoms with Crippen LogP contribution in [0.2, 0.25) is 0 Å². The van der Waals surface area contributed by atoms with E-state index in [0.29, 0.717) is 36.2 Å². The highest BCUT2D eigenvalue weighted by Crippen LogP contribution is 2.34. The lowest BCUT2D eigenvalue weighted by atomic mass is 10.1. The van der Waals surface area contributed by atoms with E-state index >= 15 is 0 Å². The van der Waals surface area contributed by atoms with Crippen molar-refractivity contribution in [2.75, 3.05) is 18.8 Å². The molecule has 3 aromatic rings. The molecule has 1 aliphatic rings. The number of aromatic nitrogens is 5. The van der Waals surface area contributed by atoms with Crippen LogP contribution >= 0.6 is 0 Å². The van der Waals surface area contributed by atoms with Crippen molar-refractivity contribution in [3.05, 3.63) is 43.3 Å². The number of amides is 1. The number of fused-ring (bicyclic) bond motifs is 1. The molecule has 0 aromatic carbocycles. The Kier molecular flexibility index (Phi) is 3.83. The Bertz CT molecular complexity index is 1020. The first-order valence-electron chi connectivity index (χ1n) is 8.11. The Hall–Kier alpha value is -3.36. The summed E-state index contributed by atoms with van der Waals surface area (Å²) in [5.74, 6) is -0.551. The highest BCUT2D eigenvalue weighted by Gasteiger charge is 2.30. The summed E-state index contributed by atoms with van der Waals surface area (Å²) >= 11 is 0. The third-order valence-corrected chi connectivity index (χ3v) is 4.53. The van der Waals surface area contributed by atoms with Gasteiger partial charge < -0.3 is 10.6 Å². The molecule has 1 amide bonds. The Labute approximate surface area is 148 Å². The zero-order chi connectivity index (χ0) is 18.3. The fourth-order valence-corrected chi connectivity index (χ4v) is 3.27. The van der Waals surface area contributed by atoms with Crippen LogP contribution in [0.25, 0.3) is 22.3 Å². The Morgan fingerprint density at radius 3 is 3.00 bits per heavy atom. The van der Waals surface area contributed by atoms with E-state index in [1.165, 1.54) is 18.6 Å². The van der Waals surface area contributed by atoms with E-state index in [-0.39, 0.29) is 23.3 Å². The first-order chi connectivity index (χ1) is 12.6. The van der Waals surface area contributed by atoms with Crippen LogP contribution in [0.3, 0.4) is 0 Å². The van der Waals surface area contributed by atoms with E-state index in [1.54, 1.807) is 21.7 Å². The van der Waals surface area contributed by atoms with E-state index in [9.17, 15) is 9.18 Å². The van der Waals surface area contributed by atoms with Gasteiger partial charge in [0.25, 0.3) is 0 Å². The number of nitrogens with two attached hydrogens (primary N) is 1. The minimum atomic E-state index is -0.641. The van der Waals surface area contributed by atoms with Crippen LogP contribution < -0.4 is 5.73 Å². The predicted molar refractivity (Wildman–Crippen MR) is 93.4 cm³/mol. The van der Waals surface area contributed by atoms with E-state index in [1.807, 2.05) is 0 Å². The maximum Gasteiger partial charge on any atom is 0.246 e. The first kappa shape index (κ1) is 16.1. The number of carbonyl (C=O) groups excluding carboxylic acids is 1. The number of rotatable bonds is 3. The summed E-state index contributed by atoms with van der Waals surface area (Å²) in [5, 5.41) is 5.05. The molecular formula is C17H16FN7O. The predicted octanol–water partition coefficient (Wildman–Crippen LogP) is 1.57. The van der Waals surface area contributed by atoms with Crippen molar-refractivity contribution < 1.29 is 9.18 Å². The topological polar surface area (TPSA) is 103 Å². The SMILES string of the molecule is C=CC(=O)N1CC[C@@H](n2nc(-c3cccnc3F)c3c(N)ncnc32)C1. The lowest BCUT2D eigenvalue weighted by Gasteiger charge is -2.14. The van der Waals surface area contributed by atoms with Gasteiger partial charge in [0.1, 0.15) is 17.8 Å². The third kappa shape index (κ3) is 2.48. The maximum atomic E-state index is 14.2. The number of pyridine rings is 1. The molecular weight excluding hydrogens is 337 g/mol. The zero-order valence-corrected chi connectivity index (χ0v) is 13.8. The van der Waals surface area contributed by atoms with Crippen LogP contribution in [0.1, 0.15) is 12.5 Å². The lowest BCUT2D eigenvalue weighted by Crippen LogP contribution is -2.27. The summed E-state index contributed by atoms with van der Waals surface area (Å²) in [6.45, 7) is 4.58. The number of nitrogen functional groups attached to an aromatic ring is 1. The van der Waals surface area contributed by atoms with Gasteiger partial charge in [-0.25, -0.2) is 19.6 Å². The molecule has 1 atom stereocenters.